The molecule has 1 N–H and O–H groups in total. The van der Waals surface area contributed by atoms with Gasteiger partial charge in [0.25, 0.3) is 0 Å². The van der Waals surface area contributed by atoms with Crippen molar-refractivity contribution in [2.45, 2.75) is 34.1 Å². The first kappa shape index (κ1) is 16.6. The molecule has 0 unspecified atom stereocenters. The number of esters is 1. The van der Waals surface area contributed by atoms with Crippen LogP contribution in [0.15, 0.2) is 24.4 Å². The monoisotopic (exact) mass is 302 g/mol. The van der Waals surface area contributed by atoms with Crippen molar-refractivity contribution in [2.75, 3.05) is 19.6 Å². The summed E-state index contributed by atoms with van der Waals surface area (Å²) in [6.45, 7) is 11.2. The highest BCUT2D eigenvalue weighted by Gasteiger charge is 2.12. The number of nitrogens with one attached hydrogen (secondary N) is 1. The Labute approximate surface area is 132 Å². The summed E-state index contributed by atoms with van der Waals surface area (Å²) in [6.07, 6.45) is 3.05. The van der Waals surface area contributed by atoms with E-state index in [1.165, 1.54) is 5.56 Å². The number of aromatic nitrogens is 1. The minimum atomic E-state index is -0.195. The maximum absolute atomic E-state index is 11.7. The molecule has 0 aliphatic carbocycles. The molecule has 4 heteroatoms. The molecule has 0 atom stereocenters. The lowest BCUT2D eigenvalue weighted by molar-refractivity contribution is -0.137. The fourth-order valence-electron chi connectivity index (χ4n) is 2.48. The van der Waals surface area contributed by atoms with Crippen LogP contribution in [-0.4, -0.2) is 35.5 Å². The van der Waals surface area contributed by atoms with E-state index in [0.717, 1.165) is 37.0 Å². The van der Waals surface area contributed by atoms with Gasteiger partial charge in [0, 0.05) is 23.6 Å². The Hall–Kier alpha value is -1.81. The van der Waals surface area contributed by atoms with Gasteiger partial charge in [-0.1, -0.05) is 27.7 Å². The highest BCUT2D eigenvalue weighted by molar-refractivity contribution is 5.85. The first-order valence-corrected chi connectivity index (χ1v) is 8.09. The summed E-state index contributed by atoms with van der Waals surface area (Å²) in [4.78, 5) is 17.4. The number of benzene rings is 1. The molecule has 22 heavy (non-hydrogen) atoms. The molecule has 0 saturated carbocycles. The molecule has 1 aromatic heterocycles. The van der Waals surface area contributed by atoms with Crippen LogP contribution in [0.5, 0.6) is 5.75 Å². The van der Waals surface area contributed by atoms with E-state index in [9.17, 15) is 4.79 Å². The smallest absolute Gasteiger partial charge is 0.313 e. The summed E-state index contributed by atoms with van der Waals surface area (Å²) in [6, 6.07) is 5.77. The lowest BCUT2D eigenvalue weighted by Gasteiger charge is -2.17. The molecule has 0 spiro atoms. The number of carbonyl (C=O) groups excluding carboxylic acids is 1. The van der Waals surface area contributed by atoms with Gasteiger partial charge in [-0.05, 0) is 43.3 Å². The minimum Gasteiger partial charge on any atom is -0.426 e. The largest absolute Gasteiger partial charge is 0.426 e. The van der Waals surface area contributed by atoms with E-state index in [-0.39, 0.29) is 11.9 Å². The number of fused-ring (bicyclic) bond motifs is 1. The summed E-state index contributed by atoms with van der Waals surface area (Å²) in [5.41, 5.74) is 2.35. The number of ether oxygens (including phenoxy) is 1. The molecule has 0 saturated heterocycles. The summed E-state index contributed by atoms with van der Waals surface area (Å²) in [5, 5.41) is 1.14. The van der Waals surface area contributed by atoms with Crippen LogP contribution in [0, 0.1) is 5.92 Å². The summed E-state index contributed by atoms with van der Waals surface area (Å²) < 4.78 is 5.41. The Balaban J connectivity index is 2.16. The number of H-pyrrole nitrogens is 1. The number of carbonyl (C=O) groups is 1. The molecule has 0 aliphatic heterocycles. The van der Waals surface area contributed by atoms with Crippen molar-refractivity contribution in [1.29, 1.82) is 0 Å². The molecule has 0 bridgehead atoms. The normalized spacial score (nSPS) is 11.5. The lowest BCUT2D eigenvalue weighted by Crippen LogP contribution is -2.25. The third-order valence-electron chi connectivity index (χ3n) is 4.02. The molecule has 120 valence electrons. The third-order valence-corrected chi connectivity index (χ3v) is 4.02. The highest BCUT2D eigenvalue weighted by Crippen LogP contribution is 2.25. The quantitative estimate of drug-likeness (QED) is 0.627. The molecular weight excluding hydrogens is 276 g/mol. The van der Waals surface area contributed by atoms with Gasteiger partial charge in [0.15, 0.2) is 0 Å². The predicted octanol–water partition coefficient (Wildman–Crippen LogP) is 3.61. The fourth-order valence-corrected chi connectivity index (χ4v) is 2.48. The number of hydrogen-bond donors (Lipinski definition) is 1. The zero-order chi connectivity index (χ0) is 16.1. The van der Waals surface area contributed by atoms with Crippen molar-refractivity contribution in [3.8, 4) is 5.75 Å². The van der Waals surface area contributed by atoms with Crippen molar-refractivity contribution < 1.29 is 9.53 Å². The van der Waals surface area contributed by atoms with Gasteiger partial charge in [0.1, 0.15) is 5.75 Å². The molecule has 0 amide bonds. The van der Waals surface area contributed by atoms with Crippen molar-refractivity contribution in [3.63, 3.8) is 0 Å². The summed E-state index contributed by atoms with van der Waals surface area (Å²) >= 11 is 0. The second-order valence-electron chi connectivity index (χ2n) is 5.87. The molecular formula is C18H26N2O2. The first-order chi connectivity index (χ1) is 10.5. The van der Waals surface area contributed by atoms with Crippen molar-refractivity contribution >= 4 is 16.9 Å². The van der Waals surface area contributed by atoms with Crippen molar-refractivity contribution in [2.24, 2.45) is 5.92 Å². The molecule has 2 rings (SSSR count). The van der Waals surface area contributed by atoms with E-state index in [1.54, 1.807) is 0 Å². The zero-order valence-corrected chi connectivity index (χ0v) is 14.0. The maximum atomic E-state index is 11.7. The first-order valence-electron chi connectivity index (χ1n) is 8.09. The van der Waals surface area contributed by atoms with Gasteiger partial charge in [0.05, 0.1) is 5.92 Å². The number of aromatic amines is 1. The topological polar surface area (TPSA) is 45.3 Å². The van der Waals surface area contributed by atoms with Crippen LogP contribution in [0.25, 0.3) is 10.9 Å². The van der Waals surface area contributed by atoms with Crippen LogP contribution in [0.1, 0.15) is 33.3 Å². The van der Waals surface area contributed by atoms with Crippen LogP contribution in [0.4, 0.5) is 0 Å². The van der Waals surface area contributed by atoms with Crippen molar-refractivity contribution in [3.05, 3.63) is 30.0 Å². The molecule has 0 radical (unpaired) electrons. The van der Waals surface area contributed by atoms with Gasteiger partial charge in [0.2, 0.25) is 0 Å². The second kappa shape index (κ2) is 7.45. The zero-order valence-electron chi connectivity index (χ0n) is 14.0. The minimum absolute atomic E-state index is 0.121. The number of nitrogens with zero attached hydrogens (tertiary/aromatic N) is 1. The molecule has 0 fully saturated rings. The van der Waals surface area contributed by atoms with E-state index < -0.39 is 0 Å². The third kappa shape index (κ3) is 3.89. The standard InChI is InChI=1S/C18H26N2O2/c1-5-20(6-2)10-9-14-12-19-17-8-7-15(11-16(14)17)22-18(21)13(3)4/h7-8,11-13,19H,5-6,9-10H2,1-4H3. The lowest BCUT2D eigenvalue weighted by atomic mass is 10.1. The maximum Gasteiger partial charge on any atom is 0.313 e. The van der Waals surface area contributed by atoms with Crippen LogP contribution in [-0.2, 0) is 11.2 Å². The van der Waals surface area contributed by atoms with Crippen LogP contribution >= 0.6 is 0 Å². The molecule has 0 aliphatic rings. The number of likely N-dealkylation sites (N-methyl/N-ethyl adjacent to an activating group) is 1. The summed E-state index contributed by atoms with van der Waals surface area (Å²) in [7, 11) is 0. The van der Waals surface area contributed by atoms with Gasteiger partial charge in [-0.15, -0.1) is 0 Å². The van der Waals surface area contributed by atoms with E-state index >= 15 is 0 Å². The Bertz CT molecular complexity index is 627. The predicted molar refractivity (Wildman–Crippen MR) is 90.3 cm³/mol. The van der Waals surface area contributed by atoms with E-state index in [0.29, 0.717) is 5.75 Å². The Morgan fingerprint density at radius 1 is 1.27 bits per heavy atom. The van der Waals surface area contributed by atoms with E-state index in [4.69, 9.17) is 4.74 Å². The van der Waals surface area contributed by atoms with Crippen molar-refractivity contribution in [1.82, 2.24) is 9.88 Å². The van der Waals surface area contributed by atoms with E-state index in [2.05, 4.69) is 29.9 Å². The van der Waals surface area contributed by atoms with Crippen LogP contribution < -0.4 is 4.74 Å². The van der Waals surface area contributed by atoms with Gasteiger partial charge < -0.3 is 14.6 Å². The SMILES string of the molecule is CCN(CC)CCc1c[nH]c2ccc(OC(=O)C(C)C)cc12. The average Bonchev–Trinajstić information content (AvgIpc) is 2.90. The van der Waals surface area contributed by atoms with Gasteiger partial charge in [-0.25, -0.2) is 0 Å². The Kier molecular flexibility index (Phi) is 5.61. The van der Waals surface area contributed by atoms with Gasteiger partial charge in [-0.2, -0.15) is 0 Å². The number of rotatable bonds is 7. The van der Waals surface area contributed by atoms with E-state index in [1.807, 2.05) is 32.0 Å². The van der Waals surface area contributed by atoms with Crippen LogP contribution in [0.3, 0.4) is 0 Å². The van der Waals surface area contributed by atoms with Crippen LogP contribution in [0.2, 0.25) is 0 Å². The van der Waals surface area contributed by atoms with Gasteiger partial charge >= 0.3 is 5.97 Å². The molecule has 2 aromatic rings. The molecule has 4 nitrogen and oxygen atoms in total. The number of hydrogen-bond acceptors (Lipinski definition) is 3. The average molecular weight is 302 g/mol. The van der Waals surface area contributed by atoms with Gasteiger partial charge in [-0.3, -0.25) is 4.79 Å². The second-order valence-corrected chi connectivity index (χ2v) is 5.87. The summed E-state index contributed by atoms with van der Waals surface area (Å²) in [5.74, 6) is 0.304. The Morgan fingerprint density at radius 2 is 2.00 bits per heavy atom. The molecule has 1 aromatic carbocycles. The Morgan fingerprint density at radius 3 is 2.64 bits per heavy atom. The highest BCUT2D eigenvalue weighted by atomic mass is 16.5. The fraction of sp³-hybridized carbons (Fsp3) is 0.500. The molecule has 1 heterocycles.